The number of nitrogens with zero attached hydrogens (tertiary/aromatic N) is 3. The molecule has 1 fully saturated rings. The van der Waals surface area contributed by atoms with Gasteiger partial charge in [-0.1, -0.05) is 37.6 Å². The molecule has 0 aliphatic carbocycles. The van der Waals surface area contributed by atoms with Crippen molar-refractivity contribution in [1.29, 1.82) is 0 Å². The van der Waals surface area contributed by atoms with Crippen LogP contribution < -0.4 is 4.74 Å². The standard InChI is InChI=1S/C25H29N3O2/c1-3-25(12-4-5-14-27(2)24(25)29)21-9-7-11-23(17-21)30-22-10-6-8-20(16-22)18-28-15-13-26-19-28/h6-11,13,15-17,19H,3-5,12,14,18H2,1-2H3. The number of benzene rings is 2. The normalized spacial score (nSPS) is 19.5. The van der Waals surface area contributed by atoms with Gasteiger partial charge in [-0.25, -0.2) is 4.98 Å². The van der Waals surface area contributed by atoms with Gasteiger partial charge >= 0.3 is 0 Å². The highest BCUT2D eigenvalue weighted by molar-refractivity contribution is 5.88. The van der Waals surface area contributed by atoms with Gasteiger partial charge in [-0.3, -0.25) is 4.79 Å². The van der Waals surface area contributed by atoms with E-state index < -0.39 is 5.41 Å². The van der Waals surface area contributed by atoms with Crippen molar-refractivity contribution in [2.75, 3.05) is 13.6 Å². The average Bonchev–Trinajstić information content (AvgIpc) is 3.22. The number of hydrogen-bond donors (Lipinski definition) is 0. The summed E-state index contributed by atoms with van der Waals surface area (Å²) in [6, 6.07) is 16.2. The highest BCUT2D eigenvalue weighted by Crippen LogP contribution is 2.39. The Bertz CT molecular complexity index is 999. The lowest BCUT2D eigenvalue weighted by molar-refractivity contribution is -0.135. The van der Waals surface area contributed by atoms with Gasteiger partial charge in [-0.15, -0.1) is 0 Å². The number of hydrogen-bond acceptors (Lipinski definition) is 3. The van der Waals surface area contributed by atoms with Crippen LogP contribution in [-0.2, 0) is 16.8 Å². The van der Waals surface area contributed by atoms with Gasteiger partial charge in [-0.2, -0.15) is 0 Å². The smallest absolute Gasteiger partial charge is 0.232 e. The molecule has 4 rings (SSSR count). The number of aromatic nitrogens is 2. The third kappa shape index (κ3) is 4.11. The van der Waals surface area contributed by atoms with Gasteiger partial charge in [0.25, 0.3) is 0 Å². The lowest BCUT2D eigenvalue weighted by Gasteiger charge is -2.33. The van der Waals surface area contributed by atoms with E-state index in [0.717, 1.165) is 61.4 Å². The summed E-state index contributed by atoms with van der Waals surface area (Å²) in [5.41, 5.74) is 1.73. The Morgan fingerprint density at radius 2 is 1.90 bits per heavy atom. The molecule has 1 amide bonds. The molecule has 2 heterocycles. The molecule has 0 bridgehead atoms. The number of likely N-dealkylation sites (N-methyl/N-ethyl adjacent to an activating group) is 1. The van der Waals surface area contributed by atoms with Crippen LogP contribution in [0.15, 0.2) is 67.3 Å². The third-order valence-electron chi connectivity index (χ3n) is 6.15. The van der Waals surface area contributed by atoms with Gasteiger partial charge in [0.05, 0.1) is 11.7 Å². The second kappa shape index (κ2) is 8.74. The molecule has 1 atom stereocenters. The van der Waals surface area contributed by atoms with Gasteiger partial charge in [0.15, 0.2) is 0 Å². The monoisotopic (exact) mass is 403 g/mol. The molecule has 30 heavy (non-hydrogen) atoms. The molecule has 5 heteroatoms. The Morgan fingerprint density at radius 1 is 1.10 bits per heavy atom. The van der Waals surface area contributed by atoms with E-state index >= 15 is 0 Å². The number of carbonyl (C=O) groups is 1. The minimum Gasteiger partial charge on any atom is -0.457 e. The van der Waals surface area contributed by atoms with Crippen LogP contribution >= 0.6 is 0 Å². The first kappa shape index (κ1) is 20.2. The maximum Gasteiger partial charge on any atom is 0.232 e. The first-order chi connectivity index (χ1) is 14.6. The highest BCUT2D eigenvalue weighted by Gasteiger charge is 2.41. The summed E-state index contributed by atoms with van der Waals surface area (Å²) in [5.74, 6) is 1.78. The van der Waals surface area contributed by atoms with E-state index in [1.54, 1.807) is 6.20 Å². The first-order valence-electron chi connectivity index (χ1n) is 10.7. The maximum atomic E-state index is 13.2. The Hall–Kier alpha value is -3.08. The molecule has 1 unspecified atom stereocenters. The zero-order valence-electron chi connectivity index (χ0n) is 17.8. The Kier molecular flexibility index (Phi) is 5.88. The van der Waals surface area contributed by atoms with Crippen LogP contribution in [0.2, 0.25) is 0 Å². The number of amides is 1. The average molecular weight is 404 g/mol. The molecule has 0 radical (unpaired) electrons. The van der Waals surface area contributed by atoms with Crippen molar-refractivity contribution in [3.63, 3.8) is 0 Å². The van der Waals surface area contributed by atoms with Crippen molar-refractivity contribution in [3.05, 3.63) is 78.4 Å². The van der Waals surface area contributed by atoms with Crippen LogP contribution in [0.4, 0.5) is 0 Å². The van der Waals surface area contributed by atoms with Gasteiger partial charge in [0, 0.05) is 32.5 Å². The molecule has 5 nitrogen and oxygen atoms in total. The number of imidazole rings is 1. The summed E-state index contributed by atoms with van der Waals surface area (Å²) < 4.78 is 8.23. The second-order valence-corrected chi connectivity index (χ2v) is 8.13. The predicted molar refractivity (Wildman–Crippen MR) is 118 cm³/mol. The second-order valence-electron chi connectivity index (χ2n) is 8.13. The van der Waals surface area contributed by atoms with E-state index in [-0.39, 0.29) is 5.91 Å². The fraction of sp³-hybridized carbons (Fsp3) is 0.360. The molecule has 0 N–H and O–H groups in total. The predicted octanol–water partition coefficient (Wildman–Crippen LogP) is 5.01. The number of carbonyl (C=O) groups excluding carboxylic acids is 1. The van der Waals surface area contributed by atoms with E-state index in [4.69, 9.17) is 4.74 Å². The van der Waals surface area contributed by atoms with Crippen molar-refractivity contribution in [1.82, 2.24) is 14.5 Å². The van der Waals surface area contributed by atoms with E-state index in [9.17, 15) is 4.79 Å². The first-order valence-corrected chi connectivity index (χ1v) is 10.7. The number of likely N-dealkylation sites (tertiary alicyclic amines) is 1. The zero-order chi connectivity index (χ0) is 21.0. The van der Waals surface area contributed by atoms with Gasteiger partial charge in [-0.05, 0) is 54.7 Å². The van der Waals surface area contributed by atoms with E-state index in [2.05, 4.69) is 24.0 Å². The largest absolute Gasteiger partial charge is 0.457 e. The minimum atomic E-state index is -0.464. The summed E-state index contributed by atoms with van der Waals surface area (Å²) >= 11 is 0. The Labute approximate surface area is 178 Å². The summed E-state index contributed by atoms with van der Waals surface area (Å²) in [4.78, 5) is 19.2. The molecule has 1 aliphatic heterocycles. The third-order valence-corrected chi connectivity index (χ3v) is 6.15. The van der Waals surface area contributed by atoms with Crippen LogP contribution in [0, 0.1) is 0 Å². The molecular formula is C25H29N3O2. The van der Waals surface area contributed by atoms with Crippen LogP contribution in [0.3, 0.4) is 0 Å². The topological polar surface area (TPSA) is 47.4 Å². The fourth-order valence-corrected chi connectivity index (χ4v) is 4.44. The van der Waals surface area contributed by atoms with Gasteiger partial charge in [0.1, 0.15) is 11.5 Å². The molecule has 1 aromatic heterocycles. The maximum absolute atomic E-state index is 13.2. The highest BCUT2D eigenvalue weighted by atomic mass is 16.5. The van der Waals surface area contributed by atoms with E-state index in [1.807, 2.05) is 65.4 Å². The lowest BCUT2D eigenvalue weighted by atomic mass is 9.73. The van der Waals surface area contributed by atoms with Crippen molar-refractivity contribution in [2.45, 2.75) is 44.6 Å². The number of rotatable bonds is 6. The van der Waals surface area contributed by atoms with Crippen LogP contribution in [0.1, 0.15) is 43.7 Å². The fourth-order valence-electron chi connectivity index (χ4n) is 4.44. The molecule has 156 valence electrons. The molecular weight excluding hydrogens is 374 g/mol. The molecule has 2 aromatic carbocycles. The van der Waals surface area contributed by atoms with Crippen LogP contribution in [-0.4, -0.2) is 34.0 Å². The molecule has 3 aromatic rings. The molecule has 1 aliphatic rings. The summed E-state index contributed by atoms with van der Waals surface area (Å²) in [6.07, 6.45) is 9.33. The summed E-state index contributed by atoms with van der Waals surface area (Å²) in [6.45, 7) is 3.70. The van der Waals surface area contributed by atoms with E-state index in [0.29, 0.717) is 0 Å². The van der Waals surface area contributed by atoms with Crippen LogP contribution in [0.25, 0.3) is 0 Å². The molecule has 0 spiro atoms. The van der Waals surface area contributed by atoms with E-state index in [1.165, 1.54) is 0 Å². The minimum absolute atomic E-state index is 0.224. The molecule has 1 saturated heterocycles. The quantitative estimate of drug-likeness (QED) is 0.581. The summed E-state index contributed by atoms with van der Waals surface area (Å²) in [5, 5.41) is 0. The van der Waals surface area contributed by atoms with Crippen molar-refractivity contribution >= 4 is 5.91 Å². The van der Waals surface area contributed by atoms with Crippen molar-refractivity contribution < 1.29 is 9.53 Å². The zero-order valence-corrected chi connectivity index (χ0v) is 17.8. The molecule has 0 saturated carbocycles. The Morgan fingerprint density at radius 3 is 2.67 bits per heavy atom. The number of ether oxygens (including phenoxy) is 1. The van der Waals surface area contributed by atoms with Gasteiger partial charge in [0.2, 0.25) is 5.91 Å². The van der Waals surface area contributed by atoms with Crippen molar-refractivity contribution in [2.24, 2.45) is 0 Å². The van der Waals surface area contributed by atoms with Crippen LogP contribution in [0.5, 0.6) is 11.5 Å². The van der Waals surface area contributed by atoms with Gasteiger partial charge < -0.3 is 14.2 Å². The van der Waals surface area contributed by atoms with Crippen molar-refractivity contribution in [3.8, 4) is 11.5 Å². The Balaban J connectivity index is 1.58. The summed E-state index contributed by atoms with van der Waals surface area (Å²) in [7, 11) is 1.92. The SMILES string of the molecule is CCC1(c2cccc(Oc3cccc(Cn4ccnc4)c3)c2)CCCCN(C)C1=O. The lowest BCUT2D eigenvalue weighted by Crippen LogP contribution is -2.43.